The Labute approximate surface area is 152 Å². The monoisotopic (exact) mass is 348 g/mol. The van der Waals surface area contributed by atoms with Crippen LogP contribution in [0.4, 0.5) is 17.1 Å². The number of methoxy groups -OCH3 is 2. The van der Waals surface area contributed by atoms with Gasteiger partial charge in [0.25, 0.3) is 5.91 Å². The summed E-state index contributed by atoms with van der Waals surface area (Å²) in [6.45, 7) is 0. The molecule has 0 heterocycles. The second kappa shape index (κ2) is 8.07. The molecule has 0 aliphatic rings. The van der Waals surface area contributed by atoms with E-state index in [1.807, 2.05) is 48.5 Å². The molecule has 1 amide bonds. The highest BCUT2D eigenvalue weighted by Gasteiger charge is 2.07. The topological polar surface area (TPSA) is 59.6 Å². The first-order valence-electron chi connectivity index (χ1n) is 8.14. The van der Waals surface area contributed by atoms with Crippen LogP contribution < -0.4 is 20.1 Å². The third-order valence-corrected chi connectivity index (χ3v) is 3.83. The lowest BCUT2D eigenvalue weighted by Gasteiger charge is -2.10. The highest BCUT2D eigenvalue weighted by Crippen LogP contribution is 2.23. The van der Waals surface area contributed by atoms with Gasteiger partial charge in [-0.25, -0.2) is 0 Å². The van der Waals surface area contributed by atoms with Crippen molar-refractivity contribution in [2.24, 2.45) is 0 Å². The summed E-state index contributed by atoms with van der Waals surface area (Å²) >= 11 is 0. The van der Waals surface area contributed by atoms with Gasteiger partial charge in [-0.15, -0.1) is 0 Å². The number of nitrogens with one attached hydrogen (secondary N) is 2. The number of amides is 1. The summed E-state index contributed by atoms with van der Waals surface area (Å²) in [5, 5.41) is 6.17. The zero-order chi connectivity index (χ0) is 18.4. The van der Waals surface area contributed by atoms with Crippen molar-refractivity contribution in [2.45, 2.75) is 0 Å². The Balaban J connectivity index is 1.66. The molecule has 0 aromatic heterocycles. The average Bonchev–Trinajstić information content (AvgIpc) is 2.69. The molecule has 5 nitrogen and oxygen atoms in total. The van der Waals surface area contributed by atoms with E-state index in [-0.39, 0.29) is 5.91 Å². The van der Waals surface area contributed by atoms with Gasteiger partial charge < -0.3 is 20.1 Å². The van der Waals surface area contributed by atoms with Crippen LogP contribution in [0.2, 0.25) is 0 Å². The molecule has 5 heteroatoms. The number of benzene rings is 3. The molecule has 3 rings (SSSR count). The fraction of sp³-hybridized carbons (Fsp3) is 0.0952. The molecule has 0 fully saturated rings. The molecule has 0 atom stereocenters. The third kappa shape index (κ3) is 4.33. The number of carbonyl (C=O) groups is 1. The molecule has 0 saturated heterocycles. The highest BCUT2D eigenvalue weighted by atomic mass is 16.5. The van der Waals surface area contributed by atoms with Crippen molar-refractivity contribution in [2.75, 3.05) is 24.9 Å². The van der Waals surface area contributed by atoms with Crippen LogP contribution in [0.15, 0.2) is 72.8 Å². The zero-order valence-electron chi connectivity index (χ0n) is 14.7. The van der Waals surface area contributed by atoms with E-state index in [9.17, 15) is 4.79 Å². The van der Waals surface area contributed by atoms with Gasteiger partial charge in [-0.1, -0.05) is 12.1 Å². The Morgan fingerprint density at radius 3 is 2.04 bits per heavy atom. The van der Waals surface area contributed by atoms with Gasteiger partial charge in [0.05, 0.1) is 14.2 Å². The second-order valence-electron chi connectivity index (χ2n) is 5.62. The van der Waals surface area contributed by atoms with Gasteiger partial charge in [-0.2, -0.15) is 0 Å². The van der Waals surface area contributed by atoms with Gasteiger partial charge in [0.2, 0.25) is 0 Å². The Kier molecular flexibility index (Phi) is 5.39. The summed E-state index contributed by atoms with van der Waals surface area (Å²) in [5.41, 5.74) is 3.10. The van der Waals surface area contributed by atoms with Crippen LogP contribution in [0.5, 0.6) is 11.5 Å². The predicted octanol–water partition coefficient (Wildman–Crippen LogP) is 4.70. The zero-order valence-corrected chi connectivity index (χ0v) is 14.7. The minimum atomic E-state index is -0.183. The van der Waals surface area contributed by atoms with Crippen LogP contribution in [-0.2, 0) is 0 Å². The summed E-state index contributed by atoms with van der Waals surface area (Å²) in [5.74, 6) is 1.25. The predicted molar refractivity (Wildman–Crippen MR) is 104 cm³/mol. The van der Waals surface area contributed by atoms with E-state index in [1.54, 1.807) is 38.5 Å². The molecular weight excluding hydrogens is 328 g/mol. The summed E-state index contributed by atoms with van der Waals surface area (Å²) in [6.07, 6.45) is 0. The van der Waals surface area contributed by atoms with E-state index < -0.39 is 0 Å². The third-order valence-electron chi connectivity index (χ3n) is 3.83. The average molecular weight is 348 g/mol. The normalized spacial score (nSPS) is 10.1. The van der Waals surface area contributed by atoms with E-state index in [4.69, 9.17) is 9.47 Å². The molecule has 3 aromatic carbocycles. The Hall–Kier alpha value is -3.47. The molecule has 26 heavy (non-hydrogen) atoms. The number of anilines is 3. The number of hydrogen-bond acceptors (Lipinski definition) is 4. The largest absolute Gasteiger partial charge is 0.497 e. The second-order valence-corrected chi connectivity index (χ2v) is 5.62. The molecule has 0 unspecified atom stereocenters. The number of rotatable bonds is 6. The van der Waals surface area contributed by atoms with Crippen molar-refractivity contribution in [1.82, 2.24) is 0 Å². The van der Waals surface area contributed by atoms with E-state index in [0.29, 0.717) is 17.0 Å². The van der Waals surface area contributed by atoms with Crippen molar-refractivity contribution in [1.29, 1.82) is 0 Å². The molecular formula is C21H20N2O3. The first-order chi connectivity index (χ1) is 12.7. The van der Waals surface area contributed by atoms with Gasteiger partial charge in [-0.05, 0) is 54.6 Å². The molecule has 132 valence electrons. The number of ether oxygens (including phenoxy) is 2. The lowest BCUT2D eigenvalue weighted by atomic mass is 10.2. The maximum Gasteiger partial charge on any atom is 0.255 e. The van der Waals surface area contributed by atoms with Gasteiger partial charge in [0, 0.05) is 28.7 Å². The Morgan fingerprint density at radius 1 is 0.731 bits per heavy atom. The number of carbonyl (C=O) groups excluding carboxylic acids is 1. The van der Waals surface area contributed by atoms with Gasteiger partial charge >= 0.3 is 0 Å². The summed E-state index contributed by atoms with van der Waals surface area (Å²) in [6, 6.07) is 22.2. The van der Waals surface area contributed by atoms with Crippen LogP contribution in [-0.4, -0.2) is 20.1 Å². The van der Waals surface area contributed by atoms with E-state index >= 15 is 0 Å². The van der Waals surface area contributed by atoms with Crippen molar-refractivity contribution < 1.29 is 14.3 Å². The van der Waals surface area contributed by atoms with Crippen molar-refractivity contribution in [3.8, 4) is 11.5 Å². The van der Waals surface area contributed by atoms with Gasteiger partial charge in [0.1, 0.15) is 11.5 Å². The molecule has 0 aliphatic carbocycles. The number of hydrogen-bond donors (Lipinski definition) is 2. The fourth-order valence-electron chi connectivity index (χ4n) is 2.47. The van der Waals surface area contributed by atoms with E-state index in [1.165, 1.54) is 0 Å². The van der Waals surface area contributed by atoms with Crippen molar-refractivity contribution in [3.63, 3.8) is 0 Å². The first-order valence-corrected chi connectivity index (χ1v) is 8.14. The summed E-state index contributed by atoms with van der Waals surface area (Å²) in [7, 11) is 3.21. The van der Waals surface area contributed by atoms with Crippen LogP contribution in [0.3, 0.4) is 0 Å². The maximum absolute atomic E-state index is 12.3. The van der Waals surface area contributed by atoms with Crippen LogP contribution in [0, 0.1) is 0 Å². The molecule has 0 radical (unpaired) electrons. The molecule has 3 aromatic rings. The van der Waals surface area contributed by atoms with Crippen molar-refractivity contribution in [3.05, 3.63) is 78.4 Å². The Bertz CT molecular complexity index is 892. The summed E-state index contributed by atoms with van der Waals surface area (Å²) < 4.78 is 10.4. The quantitative estimate of drug-likeness (QED) is 0.678. The minimum absolute atomic E-state index is 0.183. The molecule has 2 N–H and O–H groups in total. The molecule has 0 aliphatic heterocycles. The fourth-order valence-corrected chi connectivity index (χ4v) is 2.47. The van der Waals surface area contributed by atoms with E-state index in [0.717, 1.165) is 17.1 Å². The molecule has 0 spiro atoms. The molecule has 0 bridgehead atoms. The lowest BCUT2D eigenvalue weighted by Crippen LogP contribution is -2.11. The van der Waals surface area contributed by atoms with Gasteiger partial charge in [-0.3, -0.25) is 4.79 Å². The first kappa shape index (κ1) is 17.4. The van der Waals surface area contributed by atoms with Gasteiger partial charge in [0.15, 0.2) is 0 Å². The smallest absolute Gasteiger partial charge is 0.255 e. The van der Waals surface area contributed by atoms with Crippen LogP contribution in [0.1, 0.15) is 10.4 Å². The minimum Gasteiger partial charge on any atom is -0.497 e. The van der Waals surface area contributed by atoms with E-state index in [2.05, 4.69) is 10.6 Å². The Morgan fingerprint density at radius 2 is 1.35 bits per heavy atom. The van der Waals surface area contributed by atoms with Crippen LogP contribution in [0.25, 0.3) is 0 Å². The van der Waals surface area contributed by atoms with Crippen molar-refractivity contribution >= 4 is 23.0 Å². The van der Waals surface area contributed by atoms with Crippen LogP contribution >= 0.6 is 0 Å². The highest BCUT2D eigenvalue weighted by molar-refractivity contribution is 6.04. The summed E-state index contributed by atoms with van der Waals surface area (Å²) in [4.78, 5) is 12.3. The SMILES string of the molecule is COc1cccc(Nc2ccc(NC(=O)c3cccc(OC)c3)cc2)c1. The lowest BCUT2D eigenvalue weighted by molar-refractivity contribution is 0.102. The molecule has 0 saturated carbocycles. The standard InChI is InChI=1S/C21H20N2O3/c1-25-19-7-3-5-15(13-19)21(24)23-17-11-9-16(10-12-17)22-18-6-4-8-20(14-18)26-2/h3-14,22H,1-2H3,(H,23,24). The maximum atomic E-state index is 12.3.